The highest BCUT2D eigenvalue weighted by atomic mass is 35.5. The highest BCUT2D eigenvalue weighted by Crippen LogP contribution is 2.61. The summed E-state index contributed by atoms with van der Waals surface area (Å²) in [7, 11) is 0. The second kappa shape index (κ2) is 6.29. The van der Waals surface area contributed by atoms with Crippen molar-refractivity contribution < 1.29 is 9.59 Å². The maximum absolute atomic E-state index is 13.7. The number of halogens is 1. The molecule has 0 radical (unpaired) electrons. The molecule has 0 spiro atoms. The standard InChI is InChI=1S/C26H20ClNO2/c1-2-14-11-12-17-18(13-14)22-16-8-4-3-7-15(16)21(17)23-24(22)26(30)28(25(23)29)20-10-6-5-9-19(20)27/h3-13,21-24H,2H2,1H3/t21-,22-,23-,24+/m0/s1. The first-order valence-electron chi connectivity index (χ1n) is 10.5. The zero-order valence-electron chi connectivity index (χ0n) is 16.5. The maximum Gasteiger partial charge on any atom is 0.238 e. The Morgan fingerprint density at radius 3 is 1.97 bits per heavy atom. The van der Waals surface area contributed by atoms with Crippen LogP contribution < -0.4 is 4.90 Å². The molecule has 2 amide bonds. The van der Waals surface area contributed by atoms with Crippen molar-refractivity contribution >= 4 is 29.1 Å². The van der Waals surface area contributed by atoms with Crippen LogP contribution in [0.4, 0.5) is 5.69 Å². The molecule has 4 aliphatic rings. The molecule has 0 aromatic heterocycles. The van der Waals surface area contributed by atoms with Crippen molar-refractivity contribution in [2.24, 2.45) is 11.8 Å². The van der Waals surface area contributed by atoms with Crippen molar-refractivity contribution in [3.05, 3.63) is 99.6 Å². The summed E-state index contributed by atoms with van der Waals surface area (Å²) in [6.07, 6.45) is 0.943. The van der Waals surface area contributed by atoms with E-state index < -0.39 is 0 Å². The predicted octanol–water partition coefficient (Wildman–Crippen LogP) is 5.30. The zero-order valence-corrected chi connectivity index (χ0v) is 17.3. The topological polar surface area (TPSA) is 37.4 Å². The molecule has 1 saturated heterocycles. The molecule has 30 heavy (non-hydrogen) atoms. The number of para-hydroxylation sites is 1. The quantitative estimate of drug-likeness (QED) is 0.534. The van der Waals surface area contributed by atoms with E-state index in [1.165, 1.54) is 32.7 Å². The summed E-state index contributed by atoms with van der Waals surface area (Å²) >= 11 is 6.39. The third kappa shape index (κ3) is 2.16. The Balaban J connectivity index is 1.58. The summed E-state index contributed by atoms with van der Waals surface area (Å²) in [6, 6.07) is 22.0. The predicted molar refractivity (Wildman–Crippen MR) is 117 cm³/mol. The van der Waals surface area contributed by atoms with Crippen molar-refractivity contribution in [3.63, 3.8) is 0 Å². The molecule has 148 valence electrons. The zero-order chi connectivity index (χ0) is 20.6. The number of hydrogen-bond acceptors (Lipinski definition) is 2. The van der Waals surface area contributed by atoms with E-state index in [1.54, 1.807) is 12.1 Å². The fourth-order valence-corrected chi connectivity index (χ4v) is 6.09. The van der Waals surface area contributed by atoms with Crippen LogP contribution in [0.5, 0.6) is 0 Å². The molecule has 3 nitrogen and oxygen atoms in total. The minimum Gasteiger partial charge on any atom is -0.274 e. The average molecular weight is 414 g/mol. The van der Waals surface area contributed by atoms with E-state index in [9.17, 15) is 9.59 Å². The SMILES string of the molecule is CCc1ccc2c(c1)[C@@H]1c3ccccc3[C@@H]2[C@@H]2C(=O)N(c3ccccc3Cl)C(=O)[C@H]12. The van der Waals surface area contributed by atoms with Crippen LogP contribution in [0.15, 0.2) is 66.7 Å². The van der Waals surface area contributed by atoms with E-state index in [0.29, 0.717) is 10.7 Å². The Hall–Kier alpha value is -2.91. The summed E-state index contributed by atoms with van der Waals surface area (Å²) in [4.78, 5) is 28.7. The average Bonchev–Trinajstić information content (AvgIpc) is 3.04. The van der Waals surface area contributed by atoms with Gasteiger partial charge < -0.3 is 0 Å². The van der Waals surface area contributed by atoms with Gasteiger partial charge in [-0.3, -0.25) is 9.59 Å². The van der Waals surface area contributed by atoms with E-state index in [1.807, 2.05) is 24.3 Å². The van der Waals surface area contributed by atoms with Crippen LogP contribution in [0.3, 0.4) is 0 Å². The van der Waals surface area contributed by atoms with Gasteiger partial charge in [0, 0.05) is 11.8 Å². The number of rotatable bonds is 2. The Kier molecular flexibility index (Phi) is 3.76. The van der Waals surface area contributed by atoms with Crippen LogP contribution in [0.2, 0.25) is 5.02 Å². The molecular formula is C26H20ClNO2. The van der Waals surface area contributed by atoms with Gasteiger partial charge in [0.1, 0.15) is 0 Å². The fourth-order valence-electron chi connectivity index (χ4n) is 5.87. The Morgan fingerprint density at radius 1 is 0.767 bits per heavy atom. The number of amides is 2. The number of benzene rings is 3. The van der Waals surface area contributed by atoms with Gasteiger partial charge in [-0.25, -0.2) is 4.90 Å². The summed E-state index contributed by atoms with van der Waals surface area (Å²) in [5.74, 6) is -1.22. The summed E-state index contributed by atoms with van der Waals surface area (Å²) in [5.41, 5.74) is 6.52. The molecule has 4 atom stereocenters. The number of aryl methyl sites for hydroxylation is 1. The van der Waals surface area contributed by atoms with Crippen molar-refractivity contribution in [1.29, 1.82) is 0 Å². The van der Waals surface area contributed by atoms with Gasteiger partial charge in [-0.15, -0.1) is 0 Å². The van der Waals surface area contributed by atoms with Crippen LogP contribution in [0, 0.1) is 11.8 Å². The van der Waals surface area contributed by atoms with E-state index >= 15 is 0 Å². The van der Waals surface area contributed by atoms with Gasteiger partial charge >= 0.3 is 0 Å². The van der Waals surface area contributed by atoms with Crippen molar-refractivity contribution in [1.82, 2.24) is 0 Å². The Labute approximate surface area is 180 Å². The molecule has 3 aliphatic carbocycles. The molecule has 4 heteroatoms. The van der Waals surface area contributed by atoms with Gasteiger partial charge in [0.25, 0.3) is 0 Å². The molecular weight excluding hydrogens is 394 g/mol. The fraction of sp³-hybridized carbons (Fsp3) is 0.231. The lowest BCUT2D eigenvalue weighted by molar-refractivity contribution is -0.122. The third-order valence-electron chi connectivity index (χ3n) is 7.11. The minimum atomic E-state index is -0.381. The van der Waals surface area contributed by atoms with Crippen LogP contribution in [-0.4, -0.2) is 11.8 Å². The number of hydrogen-bond donors (Lipinski definition) is 0. The Bertz CT molecular complexity index is 1230. The van der Waals surface area contributed by atoms with Gasteiger partial charge in [-0.1, -0.05) is 73.1 Å². The third-order valence-corrected chi connectivity index (χ3v) is 7.42. The number of carbonyl (C=O) groups is 2. The second-order valence-corrected chi connectivity index (χ2v) is 8.82. The lowest BCUT2D eigenvalue weighted by atomic mass is 9.55. The molecule has 7 rings (SSSR count). The summed E-state index contributed by atoms with van der Waals surface area (Å²) in [6.45, 7) is 2.14. The largest absolute Gasteiger partial charge is 0.274 e. The molecule has 3 aromatic rings. The first-order valence-corrected chi connectivity index (χ1v) is 10.8. The molecule has 2 bridgehead atoms. The van der Waals surface area contributed by atoms with Crippen molar-refractivity contribution in [2.45, 2.75) is 25.2 Å². The number of nitrogens with zero attached hydrogens (tertiary/aromatic N) is 1. The minimum absolute atomic E-state index is 0.0957. The van der Waals surface area contributed by atoms with Crippen molar-refractivity contribution in [3.8, 4) is 0 Å². The number of anilines is 1. The first-order chi connectivity index (χ1) is 14.6. The second-order valence-electron chi connectivity index (χ2n) is 8.42. The van der Waals surface area contributed by atoms with E-state index in [0.717, 1.165) is 6.42 Å². The van der Waals surface area contributed by atoms with Gasteiger partial charge in [-0.05, 0) is 46.4 Å². The van der Waals surface area contributed by atoms with Gasteiger partial charge in [-0.2, -0.15) is 0 Å². The van der Waals surface area contributed by atoms with E-state index in [-0.39, 0.29) is 35.5 Å². The lowest BCUT2D eigenvalue weighted by Gasteiger charge is -2.46. The van der Waals surface area contributed by atoms with Gasteiger partial charge in [0.2, 0.25) is 11.8 Å². The van der Waals surface area contributed by atoms with Crippen LogP contribution in [-0.2, 0) is 16.0 Å². The Morgan fingerprint density at radius 2 is 1.33 bits per heavy atom. The lowest BCUT2D eigenvalue weighted by Crippen LogP contribution is -2.41. The molecule has 1 fully saturated rings. The molecule has 1 aliphatic heterocycles. The molecule has 3 aromatic carbocycles. The molecule has 1 heterocycles. The normalized spacial score (nSPS) is 25.9. The molecule has 0 unspecified atom stereocenters. The van der Waals surface area contributed by atoms with E-state index in [4.69, 9.17) is 11.6 Å². The van der Waals surface area contributed by atoms with E-state index in [2.05, 4.69) is 37.3 Å². The highest BCUT2D eigenvalue weighted by Gasteiger charge is 2.62. The molecule has 0 N–H and O–H groups in total. The van der Waals surface area contributed by atoms with Gasteiger partial charge in [0.15, 0.2) is 0 Å². The highest BCUT2D eigenvalue weighted by molar-refractivity contribution is 6.36. The number of imide groups is 1. The maximum atomic E-state index is 13.7. The monoisotopic (exact) mass is 413 g/mol. The number of carbonyl (C=O) groups excluding carboxylic acids is 2. The van der Waals surface area contributed by atoms with Crippen LogP contribution in [0.1, 0.15) is 46.6 Å². The van der Waals surface area contributed by atoms with Crippen molar-refractivity contribution in [2.75, 3.05) is 4.90 Å². The summed E-state index contributed by atoms with van der Waals surface area (Å²) in [5, 5.41) is 0.425. The summed E-state index contributed by atoms with van der Waals surface area (Å²) < 4.78 is 0. The first kappa shape index (κ1) is 17.9. The molecule has 0 saturated carbocycles. The van der Waals surface area contributed by atoms with Crippen LogP contribution in [0.25, 0.3) is 0 Å². The van der Waals surface area contributed by atoms with Gasteiger partial charge in [0.05, 0.1) is 22.5 Å². The van der Waals surface area contributed by atoms with Crippen LogP contribution >= 0.6 is 11.6 Å². The smallest absolute Gasteiger partial charge is 0.238 e.